The van der Waals surface area contributed by atoms with Gasteiger partial charge in [0, 0.05) is 23.8 Å². The van der Waals surface area contributed by atoms with E-state index < -0.39 is 5.43 Å². The van der Waals surface area contributed by atoms with Crippen LogP contribution in [0.25, 0.3) is 22.3 Å². The van der Waals surface area contributed by atoms with Crippen molar-refractivity contribution in [1.82, 2.24) is 0 Å². The van der Waals surface area contributed by atoms with Crippen LogP contribution >= 0.6 is 0 Å². The van der Waals surface area contributed by atoms with E-state index in [1.54, 1.807) is 12.1 Å². The summed E-state index contributed by atoms with van der Waals surface area (Å²) in [5, 5.41) is 28.4. The maximum absolute atomic E-state index is 12.0. The predicted molar refractivity (Wildman–Crippen MR) is 76.5 cm³/mol. The van der Waals surface area contributed by atoms with E-state index in [0.717, 1.165) is 6.07 Å². The quantitative estimate of drug-likeness (QED) is 0.629. The zero-order valence-corrected chi connectivity index (χ0v) is 10.7. The summed E-state index contributed by atoms with van der Waals surface area (Å²) < 4.78 is 5.53. The van der Waals surface area contributed by atoms with Gasteiger partial charge in [-0.1, -0.05) is 0 Å². The van der Waals surface area contributed by atoms with Crippen molar-refractivity contribution < 1.29 is 25.2 Å². The maximum atomic E-state index is 12.0. The number of hydrogen-bond donors (Lipinski definition) is 3. The lowest BCUT2D eigenvalue weighted by atomic mass is 10.1. The molecule has 3 aromatic rings. The van der Waals surface area contributed by atoms with Gasteiger partial charge >= 0.3 is 0 Å². The minimum atomic E-state index is -0.410. The van der Waals surface area contributed by atoms with Crippen molar-refractivity contribution in [2.45, 2.75) is 0 Å². The summed E-state index contributed by atoms with van der Waals surface area (Å²) in [4.78, 5) is 12.0. The van der Waals surface area contributed by atoms with Crippen LogP contribution in [-0.4, -0.2) is 20.8 Å². The van der Waals surface area contributed by atoms with Gasteiger partial charge in [0.15, 0.2) is 5.43 Å². The van der Waals surface area contributed by atoms with E-state index in [4.69, 9.17) is 4.42 Å². The van der Waals surface area contributed by atoms with Gasteiger partial charge < -0.3 is 25.2 Å². The number of phenols is 3. The van der Waals surface area contributed by atoms with Gasteiger partial charge in [-0.3, -0.25) is 4.79 Å². The molecule has 0 amide bonds. The Kier molecular flexibility index (Phi) is 3.56. The van der Waals surface area contributed by atoms with E-state index in [2.05, 4.69) is 0 Å². The van der Waals surface area contributed by atoms with Crippen LogP contribution < -0.4 is 5.43 Å². The number of phenolic OH excluding ortho intramolecular Hbond substituents is 3. The average Bonchev–Trinajstić information content (AvgIpc) is 2.38. The maximum Gasteiger partial charge on any atom is 0.197 e. The monoisotopic (exact) mass is 288 g/mol. The molecule has 0 fully saturated rings. The molecular formula is C15H12O6. The Bertz CT molecular complexity index is 848. The van der Waals surface area contributed by atoms with E-state index in [0.29, 0.717) is 5.56 Å². The van der Waals surface area contributed by atoms with Gasteiger partial charge in [0.05, 0.1) is 0 Å². The van der Waals surface area contributed by atoms with Gasteiger partial charge in [-0.15, -0.1) is 0 Å². The minimum absolute atomic E-state index is 0. The summed E-state index contributed by atoms with van der Waals surface area (Å²) in [6, 6.07) is 9.74. The SMILES string of the molecule is O.O=c1cc(-c2ccc(O)cc2)oc2cc(O)cc(O)c12. The van der Waals surface area contributed by atoms with Gasteiger partial charge in [0.2, 0.25) is 0 Å². The highest BCUT2D eigenvalue weighted by atomic mass is 16.3. The molecule has 0 aliphatic carbocycles. The van der Waals surface area contributed by atoms with Crippen molar-refractivity contribution in [3.8, 4) is 28.6 Å². The highest BCUT2D eigenvalue weighted by Crippen LogP contribution is 2.30. The van der Waals surface area contributed by atoms with Crippen molar-refractivity contribution >= 4 is 11.0 Å². The third-order valence-corrected chi connectivity index (χ3v) is 2.95. The standard InChI is InChI=1S/C15H10O5.H2O/c16-9-3-1-8(2-4-9)13-7-12(19)15-11(18)5-10(17)6-14(15)20-13;/h1-7,16-18H;1H2. The lowest BCUT2D eigenvalue weighted by Gasteiger charge is -2.05. The molecule has 21 heavy (non-hydrogen) atoms. The largest absolute Gasteiger partial charge is 0.508 e. The fourth-order valence-electron chi connectivity index (χ4n) is 2.02. The second-order valence-corrected chi connectivity index (χ2v) is 4.36. The fourth-order valence-corrected chi connectivity index (χ4v) is 2.02. The predicted octanol–water partition coefficient (Wildman–Crippen LogP) is 1.75. The Hall–Kier alpha value is -2.99. The molecule has 1 heterocycles. The molecule has 2 aromatic carbocycles. The summed E-state index contributed by atoms with van der Waals surface area (Å²) in [7, 11) is 0. The van der Waals surface area contributed by atoms with Crippen LogP contribution in [0.4, 0.5) is 0 Å². The lowest BCUT2D eigenvalue weighted by Crippen LogP contribution is -2.00. The van der Waals surface area contributed by atoms with Crippen molar-refractivity contribution in [2.75, 3.05) is 0 Å². The Morgan fingerprint density at radius 1 is 0.857 bits per heavy atom. The van der Waals surface area contributed by atoms with Crippen LogP contribution in [0.5, 0.6) is 17.2 Å². The lowest BCUT2D eigenvalue weighted by molar-refractivity contribution is 0.452. The molecule has 6 heteroatoms. The van der Waals surface area contributed by atoms with Crippen LogP contribution in [0.2, 0.25) is 0 Å². The van der Waals surface area contributed by atoms with Gasteiger partial charge in [0.1, 0.15) is 34.0 Å². The molecule has 0 saturated carbocycles. The van der Waals surface area contributed by atoms with Crippen LogP contribution in [-0.2, 0) is 0 Å². The Morgan fingerprint density at radius 3 is 2.19 bits per heavy atom. The molecule has 3 rings (SSSR count). The van der Waals surface area contributed by atoms with E-state index in [-0.39, 0.29) is 39.5 Å². The molecule has 0 unspecified atom stereocenters. The molecule has 0 aliphatic heterocycles. The summed E-state index contributed by atoms with van der Waals surface area (Å²) in [6.45, 7) is 0. The number of hydrogen-bond acceptors (Lipinski definition) is 5. The highest BCUT2D eigenvalue weighted by molar-refractivity contribution is 5.85. The highest BCUT2D eigenvalue weighted by Gasteiger charge is 2.11. The Morgan fingerprint density at radius 2 is 1.52 bits per heavy atom. The third-order valence-electron chi connectivity index (χ3n) is 2.95. The van der Waals surface area contributed by atoms with Gasteiger partial charge in [0.25, 0.3) is 0 Å². The first kappa shape index (κ1) is 14.4. The van der Waals surface area contributed by atoms with E-state index in [1.165, 1.54) is 24.3 Å². The molecular weight excluding hydrogens is 276 g/mol. The average molecular weight is 288 g/mol. The van der Waals surface area contributed by atoms with Crippen molar-refractivity contribution in [1.29, 1.82) is 0 Å². The number of fused-ring (bicyclic) bond motifs is 1. The van der Waals surface area contributed by atoms with Crippen molar-refractivity contribution in [3.63, 3.8) is 0 Å². The topological polar surface area (TPSA) is 122 Å². The molecule has 0 radical (unpaired) electrons. The van der Waals surface area contributed by atoms with Crippen LogP contribution in [0, 0.1) is 0 Å². The van der Waals surface area contributed by atoms with Gasteiger partial charge in [-0.05, 0) is 24.3 Å². The summed E-state index contributed by atoms with van der Waals surface area (Å²) >= 11 is 0. The summed E-state index contributed by atoms with van der Waals surface area (Å²) in [5.41, 5.74) is 0.287. The molecule has 0 aliphatic rings. The van der Waals surface area contributed by atoms with E-state index >= 15 is 0 Å². The second kappa shape index (κ2) is 5.18. The normalized spacial score (nSPS) is 10.3. The molecule has 0 spiro atoms. The van der Waals surface area contributed by atoms with Crippen LogP contribution in [0.3, 0.4) is 0 Å². The molecule has 108 valence electrons. The molecule has 0 saturated heterocycles. The first-order valence-electron chi connectivity index (χ1n) is 5.84. The van der Waals surface area contributed by atoms with Crippen LogP contribution in [0.15, 0.2) is 51.7 Å². The third kappa shape index (κ3) is 2.52. The fraction of sp³-hybridized carbons (Fsp3) is 0. The molecule has 6 nitrogen and oxygen atoms in total. The van der Waals surface area contributed by atoms with Crippen LogP contribution in [0.1, 0.15) is 0 Å². The second-order valence-electron chi connectivity index (χ2n) is 4.36. The minimum Gasteiger partial charge on any atom is -0.508 e. The van der Waals surface area contributed by atoms with Crippen molar-refractivity contribution in [3.05, 3.63) is 52.7 Å². The first-order chi connectivity index (χ1) is 9.54. The van der Waals surface area contributed by atoms with Gasteiger partial charge in [-0.25, -0.2) is 0 Å². The molecule has 1 aromatic heterocycles. The molecule has 5 N–H and O–H groups in total. The number of aromatic hydroxyl groups is 3. The zero-order valence-electron chi connectivity index (χ0n) is 10.7. The summed E-state index contributed by atoms with van der Waals surface area (Å²) in [5.74, 6) is -0.133. The zero-order chi connectivity index (χ0) is 14.3. The summed E-state index contributed by atoms with van der Waals surface area (Å²) in [6.07, 6.45) is 0. The molecule has 0 atom stereocenters. The van der Waals surface area contributed by atoms with E-state index in [1.807, 2.05) is 0 Å². The van der Waals surface area contributed by atoms with E-state index in [9.17, 15) is 20.1 Å². The first-order valence-corrected chi connectivity index (χ1v) is 5.84. The molecule has 0 bridgehead atoms. The van der Waals surface area contributed by atoms with Crippen molar-refractivity contribution in [2.24, 2.45) is 0 Å². The van der Waals surface area contributed by atoms with Gasteiger partial charge in [-0.2, -0.15) is 0 Å². The number of rotatable bonds is 1. The smallest absolute Gasteiger partial charge is 0.197 e. The number of benzene rings is 2. The Labute approximate surface area is 118 Å². The Balaban J connectivity index is 0.00000161.